The third kappa shape index (κ3) is 4.32. The van der Waals surface area contributed by atoms with Crippen molar-refractivity contribution >= 4 is 28.9 Å². The molecule has 0 aliphatic carbocycles. The van der Waals surface area contributed by atoms with Gasteiger partial charge in [0.25, 0.3) is 5.91 Å². The number of β-amino-alcohol motifs (C(OH)–C–C–N with tert-alkyl or cyclic N) is 1. The Morgan fingerprint density at radius 1 is 1.08 bits per heavy atom. The van der Waals surface area contributed by atoms with Crippen LogP contribution in [0.5, 0.6) is 5.75 Å². The molecule has 2 aliphatic rings. The molecule has 0 saturated carbocycles. The molecular formula is C27H30N4O7. The van der Waals surface area contributed by atoms with Crippen molar-refractivity contribution in [1.82, 2.24) is 18.9 Å². The first kappa shape index (κ1) is 25.5. The average molecular weight is 523 g/mol. The molecular weight excluding hydrogens is 492 g/mol. The first-order valence-electron chi connectivity index (χ1n) is 12.5. The molecule has 11 heteroatoms. The van der Waals surface area contributed by atoms with E-state index in [1.165, 1.54) is 18.9 Å². The molecule has 11 nitrogen and oxygen atoms in total. The summed E-state index contributed by atoms with van der Waals surface area (Å²) in [4.78, 5) is 53.6. The summed E-state index contributed by atoms with van der Waals surface area (Å²) in [6, 6.07) is 11.6. The van der Waals surface area contributed by atoms with Crippen LogP contribution in [0.4, 0.5) is 4.79 Å². The monoisotopic (exact) mass is 522 g/mol. The van der Waals surface area contributed by atoms with Crippen LogP contribution < -0.4 is 10.4 Å². The van der Waals surface area contributed by atoms with Gasteiger partial charge < -0.3 is 19.8 Å². The standard InChI is InChI=1S/C27H30N4O7/c1-28-24-19(18-12-13-29(27(36)37)15-22(18)32)4-3-5-20(24)31(26(28)35)21-10-11-23(33)30(25(21)34)14-16-6-8-17(38-2)9-7-16/h3-9,18,21-22,32H,10-15H2,1-2H3,(H,36,37)/t18-,21?,22+/m1/s1. The van der Waals surface area contributed by atoms with Gasteiger partial charge in [0, 0.05) is 25.9 Å². The zero-order valence-electron chi connectivity index (χ0n) is 21.2. The Labute approximate surface area is 218 Å². The van der Waals surface area contributed by atoms with Crippen LogP contribution in [0.25, 0.3) is 11.0 Å². The minimum Gasteiger partial charge on any atom is -0.497 e. The van der Waals surface area contributed by atoms with E-state index in [9.17, 15) is 29.4 Å². The highest BCUT2D eigenvalue weighted by molar-refractivity contribution is 6.00. The van der Waals surface area contributed by atoms with E-state index in [0.29, 0.717) is 23.2 Å². The first-order valence-corrected chi connectivity index (χ1v) is 12.5. The van der Waals surface area contributed by atoms with Gasteiger partial charge in [0.15, 0.2) is 0 Å². The van der Waals surface area contributed by atoms with Crippen molar-refractivity contribution in [3.05, 3.63) is 64.1 Å². The molecule has 0 spiro atoms. The maximum atomic E-state index is 13.6. The van der Waals surface area contributed by atoms with Gasteiger partial charge in [-0.15, -0.1) is 0 Å². The van der Waals surface area contributed by atoms with Crippen molar-refractivity contribution in [3.8, 4) is 5.75 Å². The van der Waals surface area contributed by atoms with E-state index in [0.717, 1.165) is 11.1 Å². The van der Waals surface area contributed by atoms with Crippen molar-refractivity contribution in [1.29, 1.82) is 0 Å². The average Bonchev–Trinajstić information content (AvgIpc) is 3.16. The van der Waals surface area contributed by atoms with Crippen LogP contribution in [-0.2, 0) is 23.2 Å². The number of ether oxygens (including phenoxy) is 1. The van der Waals surface area contributed by atoms with E-state index in [1.807, 2.05) is 6.07 Å². The first-order chi connectivity index (χ1) is 18.2. The van der Waals surface area contributed by atoms with Crippen molar-refractivity contribution in [2.45, 2.75) is 43.9 Å². The number of piperidine rings is 2. The summed E-state index contributed by atoms with van der Waals surface area (Å²) in [5.41, 5.74) is 2.24. The molecule has 0 bridgehead atoms. The fourth-order valence-electron chi connectivity index (χ4n) is 5.68. The van der Waals surface area contributed by atoms with Gasteiger partial charge in [-0.3, -0.25) is 23.6 Å². The summed E-state index contributed by atoms with van der Waals surface area (Å²) in [7, 11) is 3.18. The Bertz CT molecular complexity index is 1460. The van der Waals surface area contributed by atoms with E-state index >= 15 is 0 Å². The number of aryl methyl sites for hydroxylation is 1. The number of carboxylic acid groups (broad SMARTS) is 1. The maximum absolute atomic E-state index is 13.6. The van der Waals surface area contributed by atoms with Crippen LogP contribution in [0.1, 0.15) is 42.3 Å². The predicted octanol–water partition coefficient (Wildman–Crippen LogP) is 2.07. The second-order valence-corrected chi connectivity index (χ2v) is 9.84. The third-order valence-corrected chi connectivity index (χ3v) is 7.68. The molecule has 1 aromatic heterocycles. The van der Waals surface area contributed by atoms with Crippen molar-refractivity contribution < 1.29 is 29.3 Å². The molecule has 200 valence electrons. The van der Waals surface area contributed by atoms with Crippen LogP contribution >= 0.6 is 0 Å². The largest absolute Gasteiger partial charge is 0.497 e. The smallest absolute Gasteiger partial charge is 0.407 e. The molecule has 2 fully saturated rings. The Morgan fingerprint density at radius 3 is 2.47 bits per heavy atom. The number of benzene rings is 2. The van der Waals surface area contributed by atoms with Gasteiger partial charge in [0.05, 0.1) is 37.3 Å². The SMILES string of the molecule is COc1ccc(CN2C(=O)CCC(n3c(=O)n(C)c4c([C@H]5CCN(C(=O)O)C[C@@H]5O)cccc43)C2=O)cc1. The summed E-state index contributed by atoms with van der Waals surface area (Å²) in [5.74, 6) is -0.429. The number of aliphatic hydroxyl groups is 1. The van der Waals surface area contributed by atoms with Crippen LogP contribution in [0.2, 0.25) is 0 Å². The minimum absolute atomic E-state index is 0.0193. The molecule has 3 amide bonds. The van der Waals surface area contributed by atoms with Crippen molar-refractivity contribution in [2.75, 3.05) is 20.2 Å². The Balaban J connectivity index is 1.49. The van der Waals surface area contributed by atoms with E-state index in [-0.39, 0.29) is 50.0 Å². The number of imidazole rings is 1. The molecule has 2 aromatic carbocycles. The Morgan fingerprint density at radius 2 is 1.82 bits per heavy atom. The zero-order valence-corrected chi connectivity index (χ0v) is 21.2. The molecule has 2 saturated heterocycles. The Hall–Kier alpha value is -4.12. The zero-order chi connectivity index (χ0) is 27.1. The quantitative estimate of drug-likeness (QED) is 0.490. The number of amides is 3. The van der Waals surface area contributed by atoms with Gasteiger partial charge >= 0.3 is 11.8 Å². The van der Waals surface area contributed by atoms with E-state index < -0.39 is 24.1 Å². The number of likely N-dealkylation sites (tertiary alicyclic amines) is 2. The van der Waals surface area contributed by atoms with Gasteiger partial charge in [0.2, 0.25) is 5.91 Å². The predicted molar refractivity (Wildman–Crippen MR) is 137 cm³/mol. The molecule has 3 heterocycles. The van der Waals surface area contributed by atoms with Crippen molar-refractivity contribution in [3.63, 3.8) is 0 Å². The molecule has 38 heavy (non-hydrogen) atoms. The second kappa shape index (κ2) is 9.97. The lowest BCUT2D eigenvalue weighted by Crippen LogP contribution is -2.47. The lowest BCUT2D eigenvalue weighted by Gasteiger charge is -2.35. The molecule has 3 aromatic rings. The lowest BCUT2D eigenvalue weighted by atomic mass is 9.86. The topological polar surface area (TPSA) is 134 Å². The molecule has 1 unspecified atom stereocenters. The summed E-state index contributed by atoms with van der Waals surface area (Å²) in [5, 5.41) is 20.1. The fourth-order valence-corrected chi connectivity index (χ4v) is 5.68. The number of aliphatic hydroxyl groups excluding tert-OH is 1. The number of hydrogen-bond acceptors (Lipinski definition) is 6. The molecule has 2 aliphatic heterocycles. The summed E-state index contributed by atoms with van der Waals surface area (Å²) >= 11 is 0. The second-order valence-electron chi connectivity index (χ2n) is 9.84. The summed E-state index contributed by atoms with van der Waals surface area (Å²) in [6.45, 7) is 0.345. The van der Waals surface area contributed by atoms with Gasteiger partial charge in [-0.2, -0.15) is 0 Å². The highest BCUT2D eigenvalue weighted by Gasteiger charge is 2.38. The normalized spacial score (nSPS) is 22.2. The van der Waals surface area contributed by atoms with Crippen LogP contribution in [0.15, 0.2) is 47.3 Å². The number of imide groups is 1. The Kier molecular flexibility index (Phi) is 6.70. The number of carbonyl (C=O) groups excluding carboxylic acids is 2. The number of methoxy groups -OCH3 is 1. The van der Waals surface area contributed by atoms with E-state index in [4.69, 9.17) is 4.74 Å². The summed E-state index contributed by atoms with van der Waals surface area (Å²) in [6.07, 6.45) is -1.28. The number of para-hydroxylation sites is 1. The number of hydrogen-bond donors (Lipinski definition) is 2. The van der Waals surface area contributed by atoms with E-state index in [2.05, 4.69) is 0 Å². The lowest BCUT2D eigenvalue weighted by molar-refractivity contribution is -0.151. The molecule has 5 rings (SSSR count). The number of fused-ring (bicyclic) bond motifs is 1. The third-order valence-electron chi connectivity index (χ3n) is 7.68. The van der Waals surface area contributed by atoms with Crippen LogP contribution in [0.3, 0.4) is 0 Å². The highest BCUT2D eigenvalue weighted by Crippen LogP contribution is 2.35. The summed E-state index contributed by atoms with van der Waals surface area (Å²) < 4.78 is 8.10. The van der Waals surface area contributed by atoms with Gasteiger partial charge in [0.1, 0.15) is 11.8 Å². The number of carbonyl (C=O) groups is 3. The molecule has 0 radical (unpaired) electrons. The van der Waals surface area contributed by atoms with E-state index in [1.54, 1.807) is 50.6 Å². The van der Waals surface area contributed by atoms with Gasteiger partial charge in [-0.1, -0.05) is 24.3 Å². The maximum Gasteiger partial charge on any atom is 0.407 e. The van der Waals surface area contributed by atoms with Gasteiger partial charge in [-0.05, 0) is 42.2 Å². The number of nitrogens with zero attached hydrogens (tertiary/aromatic N) is 4. The minimum atomic E-state index is -1.08. The molecule has 3 atom stereocenters. The molecule has 2 N–H and O–H groups in total. The van der Waals surface area contributed by atoms with Gasteiger partial charge in [-0.25, -0.2) is 9.59 Å². The number of aromatic nitrogens is 2. The highest BCUT2D eigenvalue weighted by atomic mass is 16.5. The van der Waals surface area contributed by atoms with Crippen molar-refractivity contribution in [2.24, 2.45) is 7.05 Å². The fraction of sp³-hybridized carbons (Fsp3) is 0.407. The number of rotatable bonds is 5. The van der Waals surface area contributed by atoms with Crippen LogP contribution in [0, 0.1) is 0 Å². The van der Waals surface area contributed by atoms with Crippen LogP contribution in [-0.4, -0.2) is 73.4 Å².